The average molecular weight is 364 g/mol. The lowest BCUT2D eigenvalue weighted by molar-refractivity contribution is -0.135. The van der Waals surface area contributed by atoms with Crippen molar-refractivity contribution in [1.82, 2.24) is 4.31 Å². The SMILES string of the molecule is Cc1c(CCl)cc(Cl)cc1S(=O)(=O)N(C)CCC(F)(F)F. The Morgan fingerprint density at radius 1 is 1.29 bits per heavy atom. The molecule has 0 bridgehead atoms. The summed E-state index contributed by atoms with van der Waals surface area (Å²) in [5, 5.41) is 0.166. The molecule has 0 fully saturated rings. The zero-order chi connectivity index (χ0) is 16.4. The van der Waals surface area contributed by atoms with Crippen LogP contribution in [0.3, 0.4) is 0 Å². The third kappa shape index (κ3) is 4.74. The number of halogens is 5. The normalized spacial score (nSPS) is 13.0. The highest BCUT2D eigenvalue weighted by atomic mass is 35.5. The fourth-order valence-corrected chi connectivity index (χ4v) is 3.73. The summed E-state index contributed by atoms with van der Waals surface area (Å²) in [6.45, 7) is 0.881. The van der Waals surface area contributed by atoms with Crippen LogP contribution in [0.1, 0.15) is 17.5 Å². The van der Waals surface area contributed by atoms with E-state index in [-0.39, 0.29) is 15.8 Å². The highest BCUT2D eigenvalue weighted by molar-refractivity contribution is 7.89. The van der Waals surface area contributed by atoms with Gasteiger partial charge in [0, 0.05) is 24.5 Å². The first-order valence-corrected chi connectivity index (χ1v) is 8.22. The van der Waals surface area contributed by atoms with Crippen LogP contribution in [0.4, 0.5) is 13.2 Å². The van der Waals surface area contributed by atoms with Gasteiger partial charge in [0.25, 0.3) is 0 Å². The van der Waals surface area contributed by atoms with Crippen molar-refractivity contribution in [3.8, 4) is 0 Å². The zero-order valence-corrected chi connectivity index (χ0v) is 13.7. The second kappa shape index (κ2) is 6.73. The van der Waals surface area contributed by atoms with Crippen molar-refractivity contribution in [3.05, 3.63) is 28.3 Å². The summed E-state index contributed by atoms with van der Waals surface area (Å²) in [5.41, 5.74) is 0.903. The molecule has 0 spiro atoms. The molecule has 0 saturated carbocycles. The van der Waals surface area contributed by atoms with E-state index in [0.29, 0.717) is 15.4 Å². The largest absolute Gasteiger partial charge is 0.390 e. The lowest BCUT2D eigenvalue weighted by atomic mass is 10.1. The molecule has 1 rings (SSSR count). The Morgan fingerprint density at radius 2 is 1.86 bits per heavy atom. The van der Waals surface area contributed by atoms with Crippen LogP contribution in [0.5, 0.6) is 0 Å². The molecule has 0 heterocycles. The van der Waals surface area contributed by atoms with E-state index in [1.54, 1.807) is 6.92 Å². The number of alkyl halides is 4. The number of hydrogen-bond donors (Lipinski definition) is 0. The summed E-state index contributed by atoms with van der Waals surface area (Å²) >= 11 is 11.6. The Labute approximate surface area is 131 Å². The van der Waals surface area contributed by atoms with Gasteiger partial charge in [0.2, 0.25) is 10.0 Å². The van der Waals surface area contributed by atoms with Gasteiger partial charge in [-0.05, 0) is 30.2 Å². The van der Waals surface area contributed by atoms with Crippen LogP contribution in [-0.2, 0) is 15.9 Å². The van der Waals surface area contributed by atoms with Crippen LogP contribution in [0, 0.1) is 6.92 Å². The van der Waals surface area contributed by atoms with E-state index >= 15 is 0 Å². The van der Waals surface area contributed by atoms with Gasteiger partial charge in [-0.3, -0.25) is 0 Å². The maximum atomic E-state index is 12.3. The lowest BCUT2D eigenvalue weighted by Gasteiger charge is -2.20. The topological polar surface area (TPSA) is 37.4 Å². The smallest absolute Gasteiger partial charge is 0.207 e. The van der Waals surface area contributed by atoms with Gasteiger partial charge in [0.05, 0.1) is 11.3 Å². The number of hydrogen-bond acceptors (Lipinski definition) is 2. The molecule has 0 atom stereocenters. The molecular weight excluding hydrogens is 350 g/mol. The molecule has 0 saturated heterocycles. The Kier molecular flexibility index (Phi) is 5.94. The summed E-state index contributed by atoms with van der Waals surface area (Å²) < 4.78 is 62.0. The first-order chi connectivity index (χ1) is 9.49. The van der Waals surface area contributed by atoms with E-state index in [0.717, 1.165) is 7.05 Å². The summed E-state index contributed by atoms with van der Waals surface area (Å²) in [4.78, 5) is -0.129. The van der Waals surface area contributed by atoms with Crippen LogP contribution < -0.4 is 0 Å². The zero-order valence-electron chi connectivity index (χ0n) is 11.3. The van der Waals surface area contributed by atoms with Gasteiger partial charge in [0.1, 0.15) is 0 Å². The van der Waals surface area contributed by atoms with Gasteiger partial charge in [-0.15, -0.1) is 11.6 Å². The molecule has 3 nitrogen and oxygen atoms in total. The quantitative estimate of drug-likeness (QED) is 0.742. The van der Waals surface area contributed by atoms with Crippen molar-refractivity contribution in [2.75, 3.05) is 13.6 Å². The molecule has 120 valence electrons. The maximum absolute atomic E-state index is 12.3. The van der Waals surface area contributed by atoms with Crippen LogP contribution in [0.2, 0.25) is 5.02 Å². The molecule has 1 aromatic rings. The van der Waals surface area contributed by atoms with Crippen molar-refractivity contribution in [2.24, 2.45) is 0 Å². The number of rotatable bonds is 5. The van der Waals surface area contributed by atoms with Gasteiger partial charge in [-0.1, -0.05) is 11.6 Å². The Balaban J connectivity index is 3.16. The second-order valence-electron chi connectivity index (χ2n) is 4.51. The predicted octanol–water partition coefficient (Wildman–Crippen LogP) is 3.96. The molecule has 0 amide bonds. The van der Waals surface area contributed by atoms with Gasteiger partial charge in [-0.25, -0.2) is 12.7 Å². The van der Waals surface area contributed by atoms with Gasteiger partial charge >= 0.3 is 6.18 Å². The highest BCUT2D eigenvalue weighted by Gasteiger charge is 2.31. The molecule has 0 N–H and O–H groups in total. The first-order valence-electron chi connectivity index (χ1n) is 5.87. The summed E-state index contributed by atoms with van der Waals surface area (Å²) in [6, 6.07) is 2.74. The van der Waals surface area contributed by atoms with Crippen LogP contribution in [0.25, 0.3) is 0 Å². The minimum Gasteiger partial charge on any atom is -0.207 e. The van der Waals surface area contributed by atoms with Crippen molar-refractivity contribution in [2.45, 2.75) is 30.3 Å². The Bertz CT molecular complexity index is 618. The fraction of sp³-hybridized carbons (Fsp3) is 0.500. The predicted molar refractivity (Wildman–Crippen MR) is 76.2 cm³/mol. The van der Waals surface area contributed by atoms with Gasteiger partial charge < -0.3 is 0 Å². The monoisotopic (exact) mass is 363 g/mol. The molecule has 0 aromatic heterocycles. The number of nitrogens with zero attached hydrogens (tertiary/aromatic N) is 1. The average Bonchev–Trinajstić information content (AvgIpc) is 2.36. The van der Waals surface area contributed by atoms with E-state index < -0.39 is 29.2 Å². The van der Waals surface area contributed by atoms with Crippen LogP contribution >= 0.6 is 23.2 Å². The first kappa shape index (κ1) is 18.5. The van der Waals surface area contributed by atoms with E-state index in [1.807, 2.05) is 0 Å². The Morgan fingerprint density at radius 3 is 2.33 bits per heavy atom. The summed E-state index contributed by atoms with van der Waals surface area (Å²) in [6.07, 6.45) is -5.64. The molecule has 21 heavy (non-hydrogen) atoms. The van der Waals surface area contributed by atoms with Gasteiger partial charge in [-0.2, -0.15) is 13.2 Å². The number of benzene rings is 1. The van der Waals surface area contributed by atoms with Crippen molar-refractivity contribution >= 4 is 33.2 Å². The molecule has 0 aliphatic carbocycles. The van der Waals surface area contributed by atoms with E-state index in [4.69, 9.17) is 23.2 Å². The van der Waals surface area contributed by atoms with E-state index in [2.05, 4.69) is 0 Å². The molecule has 1 aromatic carbocycles. The standard InChI is InChI=1S/C12H14Cl2F3NO2S/c1-8-9(7-13)5-10(14)6-11(8)21(19,20)18(2)4-3-12(15,16)17/h5-6H,3-4,7H2,1-2H3. The third-order valence-corrected chi connectivity index (χ3v) is 5.46. The summed E-state index contributed by atoms with van der Waals surface area (Å²) in [5.74, 6) is 0.0567. The molecule has 0 unspecified atom stereocenters. The van der Waals surface area contributed by atoms with Crippen molar-refractivity contribution in [1.29, 1.82) is 0 Å². The minimum absolute atomic E-state index is 0.0567. The van der Waals surface area contributed by atoms with E-state index in [9.17, 15) is 21.6 Å². The van der Waals surface area contributed by atoms with Crippen LogP contribution in [-0.4, -0.2) is 32.5 Å². The highest BCUT2D eigenvalue weighted by Crippen LogP contribution is 2.28. The van der Waals surface area contributed by atoms with Crippen molar-refractivity contribution in [3.63, 3.8) is 0 Å². The second-order valence-corrected chi connectivity index (χ2v) is 7.23. The molecule has 0 aliphatic heterocycles. The van der Waals surface area contributed by atoms with Crippen molar-refractivity contribution < 1.29 is 21.6 Å². The summed E-state index contributed by atoms with van der Waals surface area (Å²) in [7, 11) is -2.96. The lowest BCUT2D eigenvalue weighted by Crippen LogP contribution is -2.31. The Hall–Kier alpha value is -0.500. The van der Waals surface area contributed by atoms with Crippen LogP contribution in [0.15, 0.2) is 17.0 Å². The number of sulfonamides is 1. The van der Waals surface area contributed by atoms with Gasteiger partial charge in [0.15, 0.2) is 0 Å². The molecular formula is C12H14Cl2F3NO2S. The fourth-order valence-electron chi connectivity index (χ4n) is 1.69. The molecule has 0 radical (unpaired) electrons. The molecule has 9 heteroatoms. The minimum atomic E-state index is -4.42. The third-order valence-electron chi connectivity index (χ3n) is 2.97. The molecule has 0 aliphatic rings. The maximum Gasteiger partial charge on any atom is 0.390 e. The van der Waals surface area contributed by atoms with E-state index in [1.165, 1.54) is 12.1 Å².